The Kier molecular flexibility index (Phi) is 3.24. The predicted molar refractivity (Wildman–Crippen MR) is 52.3 cm³/mol. The van der Waals surface area contributed by atoms with Gasteiger partial charge < -0.3 is 21.9 Å². The van der Waals surface area contributed by atoms with E-state index in [-0.39, 0.29) is 6.54 Å². The second-order valence-corrected chi connectivity index (χ2v) is 2.77. The summed E-state index contributed by atoms with van der Waals surface area (Å²) in [6, 6.07) is 3.26. The van der Waals surface area contributed by atoms with Crippen molar-refractivity contribution in [1.29, 1.82) is 0 Å². The summed E-state index contributed by atoms with van der Waals surface area (Å²) in [5.74, 6) is -0.400. The van der Waals surface area contributed by atoms with E-state index in [0.29, 0.717) is 11.5 Å². The van der Waals surface area contributed by atoms with Crippen molar-refractivity contribution in [2.24, 2.45) is 5.73 Å². The molecule has 1 amide bonds. The SMILES string of the molecule is NC(=O)C(O)CNc1ccnc(N)c1. The van der Waals surface area contributed by atoms with Crippen molar-refractivity contribution in [3.05, 3.63) is 18.3 Å². The lowest BCUT2D eigenvalue weighted by Gasteiger charge is -2.09. The Balaban J connectivity index is 2.49. The van der Waals surface area contributed by atoms with Gasteiger partial charge >= 0.3 is 0 Å². The number of anilines is 2. The van der Waals surface area contributed by atoms with Crippen LogP contribution in [0.15, 0.2) is 18.3 Å². The Morgan fingerprint density at radius 3 is 3.00 bits per heavy atom. The summed E-state index contributed by atoms with van der Waals surface area (Å²) in [4.78, 5) is 14.3. The lowest BCUT2D eigenvalue weighted by atomic mass is 10.3. The number of aliphatic hydroxyl groups excluding tert-OH is 1. The molecule has 0 fully saturated rings. The predicted octanol–water partition coefficient (Wildman–Crippen LogP) is -1.08. The molecule has 0 aromatic carbocycles. The highest BCUT2D eigenvalue weighted by Crippen LogP contribution is 2.08. The van der Waals surface area contributed by atoms with E-state index in [1.807, 2.05) is 0 Å². The summed E-state index contributed by atoms with van der Waals surface area (Å²) in [7, 11) is 0. The Labute approximate surface area is 80.9 Å². The number of aliphatic hydroxyl groups is 1. The number of nitrogens with two attached hydrogens (primary N) is 2. The van der Waals surface area contributed by atoms with Crippen LogP contribution in [-0.2, 0) is 4.79 Å². The van der Waals surface area contributed by atoms with Crippen LogP contribution in [0.2, 0.25) is 0 Å². The minimum atomic E-state index is -1.20. The third-order valence-electron chi connectivity index (χ3n) is 1.61. The highest BCUT2D eigenvalue weighted by atomic mass is 16.3. The number of carbonyl (C=O) groups is 1. The van der Waals surface area contributed by atoms with Crippen LogP contribution in [0.4, 0.5) is 11.5 Å². The van der Waals surface area contributed by atoms with Crippen molar-refractivity contribution in [3.8, 4) is 0 Å². The summed E-state index contributed by atoms with van der Waals surface area (Å²) in [6.45, 7) is 0.0544. The summed E-state index contributed by atoms with van der Waals surface area (Å²) < 4.78 is 0. The van der Waals surface area contributed by atoms with Gasteiger partial charge in [0.1, 0.15) is 11.9 Å². The first-order valence-corrected chi connectivity index (χ1v) is 4.02. The molecule has 6 nitrogen and oxygen atoms in total. The number of primary amides is 1. The number of carbonyl (C=O) groups excluding carboxylic acids is 1. The van der Waals surface area contributed by atoms with Gasteiger partial charge in [0.05, 0.1) is 0 Å². The molecule has 0 saturated carbocycles. The lowest BCUT2D eigenvalue weighted by Crippen LogP contribution is -2.34. The van der Waals surface area contributed by atoms with Crippen molar-refractivity contribution >= 4 is 17.4 Å². The smallest absolute Gasteiger partial charge is 0.248 e. The Bertz CT molecular complexity index is 329. The van der Waals surface area contributed by atoms with Crippen LogP contribution >= 0.6 is 0 Å². The largest absolute Gasteiger partial charge is 0.384 e. The minimum absolute atomic E-state index is 0.0544. The molecule has 76 valence electrons. The number of nitrogen functional groups attached to an aromatic ring is 1. The van der Waals surface area contributed by atoms with Gasteiger partial charge in [-0.2, -0.15) is 0 Å². The molecule has 1 aromatic heterocycles. The van der Waals surface area contributed by atoms with Crippen molar-refractivity contribution in [3.63, 3.8) is 0 Å². The van der Waals surface area contributed by atoms with E-state index in [9.17, 15) is 4.79 Å². The number of hydrogen-bond donors (Lipinski definition) is 4. The molecule has 0 radical (unpaired) electrons. The van der Waals surface area contributed by atoms with Crippen molar-refractivity contribution in [1.82, 2.24) is 4.98 Å². The average Bonchev–Trinajstić information content (AvgIpc) is 2.14. The summed E-state index contributed by atoms with van der Waals surface area (Å²) in [6.07, 6.45) is 0.318. The molecule has 1 atom stereocenters. The van der Waals surface area contributed by atoms with E-state index in [1.54, 1.807) is 12.1 Å². The second kappa shape index (κ2) is 4.43. The molecule has 1 unspecified atom stereocenters. The van der Waals surface area contributed by atoms with Crippen LogP contribution in [0.5, 0.6) is 0 Å². The molecule has 1 heterocycles. The van der Waals surface area contributed by atoms with Crippen LogP contribution in [0.1, 0.15) is 0 Å². The van der Waals surface area contributed by atoms with Crippen LogP contribution in [0.25, 0.3) is 0 Å². The van der Waals surface area contributed by atoms with Crippen LogP contribution < -0.4 is 16.8 Å². The Morgan fingerprint density at radius 1 is 1.71 bits per heavy atom. The zero-order valence-corrected chi connectivity index (χ0v) is 7.47. The molecular weight excluding hydrogens is 184 g/mol. The third kappa shape index (κ3) is 2.91. The number of nitrogens with zero attached hydrogens (tertiary/aromatic N) is 1. The molecule has 0 aliphatic rings. The first kappa shape index (κ1) is 10.3. The van der Waals surface area contributed by atoms with E-state index >= 15 is 0 Å². The van der Waals surface area contributed by atoms with Crippen LogP contribution in [-0.4, -0.2) is 28.6 Å². The van der Waals surface area contributed by atoms with E-state index in [1.165, 1.54) is 6.20 Å². The van der Waals surface area contributed by atoms with Crippen molar-refractivity contribution in [2.45, 2.75) is 6.10 Å². The van der Waals surface area contributed by atoms with Gasteiger partial charge in [-0.25, -0.2) is 4.98 Å². The number of aromatic nitrogens is 1. The van der Waals surface area contributed by atoms with Gasteiger partial charge in [-0.3, -0.25) is 4.79 Å². The molecule has 1 rings (SSSR count). The summed E-state index contributed by atoms with van der Waals surface area (Å²) in [5, 5.41) is 11.9. The number of pyridine rings is 1. The fraction of sp³-hybridized carbons (Fsp3) is 0.250. The molecule has 0 aliphatic heterocycles. The molecule has 0 spiro atoms. The van der Waals surface area contributed by atoms with Gasteiger partial charge in [0.15, 0.2) is 0 Å². The monoisotopic (exact) mass is 196 g/mol. The molecule has 1 aromatic rings. The van der Waals surface area contributed by atoms with Crippen LogP contribution in [0, 0.1) is 0 Å². The first-order chi connectivity index (χ1) is 6.59. The summed E-state index contributed by atoms with van der Waals surface area (Å²) >= 11 is 0. The molecule has 0 bridgehead atoms. The summed E-state index contributed by atoms with van der Waals surface area (Å²) in [5.41, 5.74) is 11.0. The Morgan fingerprint density at radius 2 is 2.43 bits per heavy atom. The second-order valence-electron chi connectivity index (χ2n) is 2.77. The zero-order valence-electron chi connectivity index (χ0n) is 7.47. The molecule has 14 heavy (non-hydrogen) atoms. The molecule has 6 N–H and O–H groups in total. The van der Waals surface area contributed by atoms with Crippen molar-refractivity contribution < 1.29 is 9.90 Å². The first-order valence-electron chi connectivity index (χ1n) is 4.02. The third-order valence-corrected chi connectivity index (χ3v) is 1.61. The molecular formula is C8H12N4O2. The highest BCUT2D eigenvalue weighted by molar-refractivity contribution is 5.79. The fourth-order valence-electron chi connectivity index (χ4n) is 0.873. The van der Waals surface area contributed by atoms with Gasteiger partial charge in [-0.05, 0) is 6.07 Å². The van der Waals surface area contributed by atoms with Gasteiger partial charge in [0.25, 0.3) is 0 Å². The maximum atomic E-state index is 10.5. The van der Waals surface area contributed by atoms with Crippen LogP contribution in [0.3, 0.4) is 0 Å². The topological polar surface area (TPSA) is 114 Å². The highest BCUT2D eigenvalue weighted by Gasteiger charge is 2.09. The zero-order chi connectivity index (χ0) is 10.6. The van der Waals surface area contributed by atoms with E-state index < -0.39 is 12.0 Å². The van der Waals surface area contributed by atoms with Gasteiger partial charge in [0, 0.05) is 24.5 Å². The van der Waals surface area contributed by atoms with Gasteiger partial charge in [0.2, 0.25) is 5.91 Å². The lowest BCUT2D eigenvalue weighted by molar-refractivity contribution is -0.125. The molecule has 0 aliphatic carbocycles. The fourth-order valence-corrected chi connectivity index (χ4v) is 0.873. The quantitative estimate of drug-likeness (QED) is 0.489. The maximum absolute atomic E-state index is 10.5. The molecule has 6 heteroatoms. The minimum Gasteiger partial charge on any atom is -0.384 e. The number of rotatable bonds is 4. The normalized spacial score (nSPS) is 12.1. The average molecular weight is 196 g/mol. The van der Waals surface area contributed by atoms with E-state index in [0.717, 1.165) is 0 Å². The van der Waals surface area contributed by atoms with Crippen molar-refractivity contribution in [2.75, 3.05) is 17.6 Å². The molecule has 0 saturated heterocycles. The Hall–Kier alpha value is -1.82. The number of nitrogens with one attached hydrogen (secondary N) is 1. The van der Waals surface area contributed by atoms with E-state index in [2.05, 4.69) is 10.3 Å². The number of hydrogen-bond acceptors (Lipinski definition) is 5. The number of amides is 1. The standard InChI is InChI=1S/C8H12N4O2/c9-7-3-5(1-2-11-7)12-4-6(13)8(10)14/h1-3,6,13H,4H2,(H2,10,14)(H3,9,11,12). The van der Waals surface area contributed by atoms with Gasteiger partial charge in [-0.15, -0.1) is 0 Å². The van der Waals surface area contributed by atoms with E-state index in [4.69, 9.17) is 16.6 Å². The maximum Gasteiger partial charge on any atom is 0.248 e. The van der Waals surface area contributed by atoms with Gasteiger partial charge in [-0.1, -0.05) is 0 Å².